The standard InChI is InChI=1S/C23H28ClN3O4S/c24-18-9-11-19(12-10-18)32(29,30)27-17-22(31-21-8-4-3-7-20(21)27)23(28)25-13-16-26-14-5-1-2-6-15-26/h3-4,7-12,22H,1-2,5-6,13-17H2,(H,25,28)/t22-/m0/s1. The summed E-state index contributed by atoms with van der Waals surface area (Å²) in [6, 6.07) is 12.9. The average Bonchev–Trinajstić information content (AvgIpc) is 3.07. The van der Waals surface area contributed by atoms with Crippen molar-refractivity contribution < 1.29 is 17.9 Å². The number of benzene rings is 2. The lowest BCUT2D eigenvalue weighted by atomic mass is 10.2. The summed E-state index contributed by atoms with van der Waals surface area (Å²) in [5.41, 5.74) is 0.413. The number of fused-ring (bicyclic) bond motifs is 1. The molecule has 1 fully saturated rings. The zero-order valence-electron chi connectivity index (χ0n) is 17.9. The monoisotopic (exact) mass is 477 g/mol. The van der Waals surface area contributed by atoms with Crippen LogP contribution in [0.3, 0.4) is 0 Å². The Morgan fingerprint density at radius 1 is 1.03 bits per heavy atom. The Bertz CT molecular complexity index is 1040. The normalized spacial score (nSPS) is 19.5. The van der Waals surface area contributed by atoms with Crippen LogP contribution in [0.1, 0.15) is 25.7 Å². The Kier molecular flexibility index (Phi) is 7.23. The molecule has 2 aromatic rings. The van der Waals surface area contributed by atoms with Gasteiger partial charge in [-0.15, -0.1) is 0 Å². The number of ether oxygens (including phenoxy) is 1. The zero-order valence-corrected chi connectivity index (χ0v) is 19.4. The van der Waals surface area contributed by atoms with Gasteiger partial charge in [0.2, 0.25) is 0 Å². The molecule has 7 nitrogen and oxygen atoms in total. The Labute approximate surface area is 194 Å². The van der Waals surface area contributed by atoms with Gasteiger partial charge in [0.05, 0.1) is 17.1 Å². The van der Waals surface area contributed by atoms with Gasteiger partial charge in [-0.1, -0.05) is 36.6 Å². The predicted octanol–water partition coefficient (Wildman–Crippen LogP) is 3.29. The lowest BCUT2D eigenvalue weighted by Gasteiger charge is -2.34. The van der Waals surface area contributed by atoms with Crippen molar-refractivity contribution in [2.24, 2.45) is 0 Å². The maximum atomic E-state index is 13.4. The molecule has 2 aliphatic rings. The summed E-state index contributed by atoms with van der Waals surface area (Å²) in [6.45, 7) is 3.29. The smallest absolute Gasteiger partial charge is 0.264 e. The Hall–Kier alpha value is -2.29. The van der Waals surface area contributed by atoms with E-state index in [1.54, 1.807) is 24.3 Å². The maximum absolute atomic E-state index is 13.4. The molecule has 0 unspecified atom stereocenters. The van der Waals surface area contributed by atoms with E-state index < -0.39 is 16.1 Å². The molecule has 2 aromatic carbocycles. The van der Waals surface area contributed by atoms with Crippen molar-refractivity contribution >= 4 is 33.2 Å². The Morgan fingerprint density at radius 3 is 2.44 bits per heavy atom. The molecule has 1 atom stereocenters. The molecule has 0 bridgehead atoms. The summed E-state index contributed by atoms with van der Waals surface area (Å²) in [4.78, 5) is 15.4. The van der Waals surface area contributed by atoms with Crippen molar-refractivity contribution in [1.82, 2.24) is 10.2 Å². The number of hydrogen-bond donors (Lipinski definition) is 1. The fourth-order valence-electron chi connectivity index (χ4n) is 4.11. The van der Waals surface area contributed by atoms with Crippen LogP contribution in [0.4, 0.5) is 5.69 Å². The summed E-state index contributed by atoms with van der Waals surface area (Å²) in [5, 5.41) is 3.38. The van der Waals surface area contributed by atoms with Gasteiger partial charge in [-0.3, -0.25) is 9.10 Å². The number of nitrogens with one attached hydrogen (secondary N) is 1. The summed E-state index contributed by atoms with van der Waals surface area (Å²) >= 11 is 5.92. The zero-order chi connectivity index (χ0) is 22.6. The molecule has 0 spiro atoms. The van der Waals surface area contributed by atoms with Gasteiger partial charge in [-0.2, -0.15) is 0 Å². The minimum absolute atomic E-state index is 0.0997. The number of para-hydroxylation sites is 2. The molecule has 1 N–H and O–H groups in total. The van der Waals surface area contributed by atoms with Gasteiger partial charge in [-0.25, -0.2) is 8.42 Å². The van der Waals surface area contributed by atoms with Crippen molar-refractivity contribution in [1.29, 1.82) is 0 Å². The molecule has 0 saturated carbocycles. The second-order valence-electron chi connectivity index (χ2n) is 8.11. The van der Waals surface area contributed by atoms with E-state index in [1.807, 2.05) is 0 Å². The van der Waals surface area contributed by atoms with Crippen molar-refractivity contribution in [3.63, 3.8) is 0 Å². The first kappa shape index (κ1) is 22.9. The van der Waals surface area contributed by atoms with Crippen LogP contribution in [0.25, 0.3) is 0 Å². The van der Waals surface area contributed by atoms with E-state index in [1.165, 1.54) is 54.3 Å². The highest BCUT2D eigenvalue weighted by atomic mass is 35.5. The molecule has 32 heavy (non-hydrogen) atoms. The van der Waals surface area contributed by atoms with Crippen LogP contribution in [-0.4, -0.2) is 58.1 Å². The van der Waals surface area contributed by atoms with Crippen molar-refractivity contribution in [2.75, 3.05) is 37.0 Å². The fourth-order valence-corrected chi connectivity index (χ4v) is 5.71. The van der Waals surface area contributed by atoms with E-state index >= 15 is 0 Å². The lowest BCUT2D eigenvalue weighted by Crippen LogP contribution is -2.51. The molecule has 0 aliphatic carbocycles. The van der Waals surface area contributed by atoms with Crippen LogP contribution < -0.4 is 14.4 Å². The minimum atomic E-state index is -3.89. The SMILES string of the molecule is O=C(NCCN1CCCCCC1)[C@@H]1CN(S(=O)(=O)c2ccc(Cl)cc2)c2ccccc2O1. The van der Waals surface area contributed by atoms with E-state index in [4.69, 9.17) is 16.3 Å². The van der Waals surface area contributed by atoms with Crippen molar-refractivity contribution in [3.05, 3.63) is 53.6 Å². The second kappa shape index (κ2) is 10.1. The van der Waals surface area contributed by atoms with E-state index in [-0.39, 0.29) is 17.3 Å². The highest BCUT2D eigenvalue weighted by Gasteiger charge is 2.37. The third-order valence-corrected chi connectivity index (χ3v) is 7.90. The summed E-state index contributed by atoms with van der Waals surface area (Å²) in [6.07, 6.45) is 3.96. The van der Waals surface area contributed by atoms with E-state index in [2.05, 4.69) is 10.2 Å². The predicted molar refractivity (Wildman–Crippen MR) is 125 cm³/mol. The first-order valence-corrected chi connectivity index (χ1v) is 12.8. The molecule has 2 aliphatic heterocycles. The molecular formula is C23H28ClN3O4S. The molecule has 0 radical (unpaired) electrons. The number of carbonyl (C=O) groups is 1. The molecule has 4 rings (SSSR count). The third-order valence-electron chi connectivity index (χ3n) is 5.85. The van der Waals surface area contributed by atoms with Crippen molar-refractivity contribution in [2.45, 2.75) is 36.7 Å². The van der Waals surface area contributed by atoms with Gasteiger partial charge in [-0.05, 0) is 62.3 Å². The third kappa shape index (κ3) is 5.19. The Balaban J connectivity index is 1.48. The molecule has 0 aromatic heterocycles. The number of anilines is 1. The number of sulfonamides is 1. The van der Waals surface area contributed by atoms with Gasteiger partial charge < -0.3 is 15.0 Å². The number of nitrogens with zero attached hydrogens (tertiary/aromatic N) is 2. The summed E-state index contributed by atoms with van der Waals surface area (Å²) in [5.74, 6) is 0.0505. The molecule has 172 valence electrons. The summed E-state index contributed by atoms with van der Waals surface area (Å²) in [7, 11) is -3.89. The van der Waals surface area contributed by atoms with Crippen LogP contribution in [0.2, 0.25) is 5.02 Å². The minimum Gasteiger partial charge on any atom is -0.476 e. The first-order valence-electron chi connectivity index (χ1n) is 11.0. The van der Waals surface area contributed by atoms with Crippen LogP contribution in [0.15, 0.2) is 53.4 Å². The van der Waals surface area contributed by atoms with Crippen LogP contribution in [0.5, 0.6) is 5.75 Å². The molecule has 9 heteroatoms. The molecule has 2 heterocycles. The number of amides is 1. The number of halogens is 1. The van der Waals surface area contributed by atoms with E-state index in [9.17, 15) is 13.2 Å². The lowest BCUT2D eigenvalue weighted by molar-refractivity contribution is -0.127. The van der Waals surface area contributed by atoms with Gasteiger partial charge in [0.25, 0.3) is 15.9 Å². The quantitative estimate of drug-likeness (QED) is 0.690. The largest absolute Gasteiger partial charge is 0.476 e. The first-order chi connectivity index (χ1) is 15.4. The second-order valence-corrected chi connectivity index (χ2v) is 10.4. The Morgan fingerprint density at radius 2 is 1.72 bits per heavy atom. The van der Waals surface area contributed by atoms with Crippen LogP contribution >= 0.6 is 11.6 Å². The maximum Gasteiger partial charge on any atom is 0.264 e. The van der Waals surface area contributed by atoms with Gasteiger partial charge in [0, 0.05) is 18.1 Å². The number of carbonyl (C=O) groups excluding carboxylic acids is 1. The highest BCUT2D eigenvalue weighted by Crippen LogP contribution is 2.36. The van der Waals surface area contributed by atoms with Gasteiger partial charge in [0.15, 0.2) is 6.10 Å². The molecular weight excluding hydrogens is 450 g/mol. The fraction of sp³-hybridized carbons (Fsp3) is 0.435. The molecule has 1 amide bonds. The van der Waals surface area contributed by atoms with Gasteiger partial charge in [0.1, 0.15) is 5.75 Å². The van der Waals surface area contributed by atoms with Crippen LogP contribution in [-0.2, 0) is 14.8 Å². The highest BCUT2D eigenvalue weighted by molar-refractivity contribution is 7.92. The van der Waals surface area contributed by atoms with E-state index in [0.29, 0.717) is 23.0 Å². The summed E-state index contributed by atoms with van der Waals surface area (Å²) < 4.78 is 33.9. The average molecular weight is 478 g/mol. The van der Waals surface area contributed by atoms with Gasteiger partial charge >= 0.3 is 0 Å². The van der Waals surface area contributed by atoms with E-state index in [0.717, 1.165) is 19.6 Å². The van der Waals surface area contributed by atoms with Crippen LogP contribution in [0, 0.1) is 0 Å². The topological polar surface area (TPSA) is 79.0 Å². The molecule has 1 saturated heterocycles. The number of rotatable bonds is 6. The van der Waals surface area contributed by atoms with Crippen molar-refractivity contribution in [3.8, 4) is 5.75 Å². The number of hydrogen-bond acceptors (Lipinski definition) is 5. The number of likely N-dealkylation sites (tertiary alicyclic amines) is 1.